The lowest BCUT2D eigenvalue weighted by Gasteiger charge is -2.26. The molecule has 4 heterocycles. The number of aromatic nitrogens is 3. The van der Waals surface area contributed by atoms with Crippen LogP contribution in [0.5, 0.6) is 5.88 Å². The molecule has 2 aliphatic rings. The molecule has 2 saturated heterocycles. The first-order valence-corrected chi connectivity index (χ1v) is 14.4. The van der Waals surface area contributed by atoms with Crippen LogP contribution in [0.1, 0.15) is 29.2 Å². The molecular weight excluding hydrogens is 566 g/mol. The van der Waals surface area contributed by atoms with E-state index in [4.69, 9.17) is 9.47 Å². The standard InChI is InChI=1S/C31H33F4N5O3/c1-21-5-4-8-25(32)27(21)38-12-10-23(20-38)40-26-9-11-36-29(43-18-15-37-13-16-42-17-14-37)28(26)39(30(40)41)19-22-6-2-3-7-24(22)31(33,34)35/h2-9,11,23H,10,12-20H2,1H3/t23-/m1/s1. The zero-order valence-corrected chi connectivity index (χ0v) is 23.8. The number of benzene rings is 2. The number of rotatable bonds is 8. The molecule has 8 nitrogen and oxygen atoms in total. The Morgan fingerprint density at radius 1 is 1.05 bits per heavy atom. The molecular formula is C31H33F4N5O3. The van der Waals surface area contributed by atoms with E-state index < -0.39 is 17.4 Å². The van der Waals surface area contributed by atoms with Crippen LogP contribution in [0.2, 0.25) is 0 Å². The van der Waals surface area contributed by atoms with Gasteiger partial charge in [0.15, 0.2) is 0 Å². The largest absolute Gasteiger partial charge is 0.475 e. The number of hydrogen-bond donors (Lipinski definition) is 0. The molecule has 0 spiro atoms. The number of anilines is 1. The van der Waals surface area contributed by atoms with Gasteiger partial charge < -0.3 is 14.4 Å². The highest BCUT2D eigenvalue weighted by Crippen LogP contribution is 2.35. The highest BCUT2D eigenvalue weighted by atomic mass is 19.4. The van der Waals surface area contributed by atoms with E-state index in [9.17, 15) is 22.4 Å². The Morgan fingerprint density at radius 2 is 1.84 bits per heavy atom. The average molecular weight is 600 g/mol. The van der Waals surface area contributed by atoms with Gasteiger partial charge >= 0.3 is 11.9 Å². The second-order valence-electron chi connectivity index (χ2n) is 11.0. The van der Waals surface area contributed by atoms with Gasteiger partial charge in [0.25, 0.3) is 0 Å². The predicted octanol–water partition coefficient (Wildman–Crippen LogP) is 4.88. The van der Waals surface area contributed by atoms with Gasteiger partial charge in [-0.3, -0.25) is 14.0 Å². The van der Waals surface area contributed by atoms with E-state index in [1.54, 1.807) is 22.9 Å². The quantitative estimate of drug-likeness (QED) is 0.269. The number of fused-ring (bicyclic) bond motifs is 1. The number of hydrogen-bond acceptors (Lipinski definition) is 6. The predicted molar refractivity (Wildman–Crippen MR) is 154 cm³/mol. The molecule has 0 aliphatic carbocycles. The Kier molecular flexibility index (Phi) is 8.15. The zero-order valence-electron chi connectivity index (χ0n) is 23.8. The molecule has 2 fully saturated rings. The minimum absolute atomic E-state index is 0.0331. The smallest absolute Gasteiger partial charge is 0.416 e. The van der Waals surface area contributed by atoms with Gasteiger partial charge in [-0.05, 0) is 42.7 Å². The molecule has 1 atom stereocenters. The molecule has 2 aromatic carbocycles. The normalized spacial score (nSPS) is 18.1. The fourth-order valence-electron chi connectivity index (χ4n) is 6.19. The van der Waals surface area contributed by atoms with E-state index in [2.05, 4.69) is 9.88 Å². The third-order valence-electron chi connectivity index (χ3n) is 8.27. The fourth-order valence-corrected chi connectivity index (χ4v) is 6.19. The molecule has 0 bridgehead atoms. The highest BCUT2D eigenvalue weighted by Gasteiger charge is 2.35. The minimum Gasteiger partial charge on any atom is -0.475 e. The van der Waals surface area contributed by atoms with Crippen molar-refractivity contribution in [1.82, 2.24) is 19.0 Å². The van der Waals surface area contributed by atoms with Crippen LogP contribution in [0.25, 0.3) is 11.0 Å². The van der Waals surface area contributed by atoms with Gasteiger partial charge in [0.05, 0.1) is 42.6 Å². The molecule has 0 radical (unpaired) electrons. The number of pyridine rings is 1. The first kappa shape index (κ1) is 29.2. The molecule has 4 aromatic rings. The lowest BCUT2D eigenvalue weighted by molar-refractivity contribution is -0.138. The molecule has 0 saturated carbocycles. The third kappa shape index (κ3) is 5.85. The lowest BCUT2D eigenvalue weighted by Crippen LogP contribution is -2.38. The van der Waals surface area contributed by atoms with E-state index in [1.807, 2.05) is 17.9 Å². The van der Waals surface area contributed by atoms with Gasteiger partial charge in [0.2, 0.25) is 5.88 Å². The molecule has 12 heteroatoms. The van der Waals surface area contributed by atoms with Crippen molar-refractivity contribution in [3.05, 3.63) is 87.7 Å². The van der Waals surface area contributed by atoms with Crippen molar-refractivity contribution >= 4 is 16.7 Å². The maximum atomic E-state index is 14.8. The molecule has 43 heavy (non-hydrogen) atoms. The van der Waals surface area contributed by atoms with E-state index >= 15 is 0 Å². The van der Waals surface area contributed by atoms with E-state index in [0.717, 1.165) is 24.7 Å². The molecule has 2 aromatic heterocycles. The lowest BCUT2D eigenvalue weighted by atomic mass is 10.1. The molecule has 6 rings (SSSR count). The van der Waals surface area contributed by atoms with Gasteiger partial charge in [-0.1, -0.05) is 30.3 Å². The van der Waals surface area contributed by atoms with Gasteiger partial charge in [-0.15, -0.1) is 0 Å². The van der Waals surface area contributed by atoms with Crippen LogP contribution in [0.3, 0.4) is 0 Å². The number of para-hydroxylation sites is 1. The Labute approximate surface area is 246 Å². The Morgan fingerprint density at radius 3 is 2.60 bits per heavy atom. The Bertz CT molecular complexity index is 1640. The van der Waals surface area contributed by atoms with Crippen molar-refractivity contribution in [2.24, 2.45) is 0 Å². The number of nitrogens with zero attached hydrogens (tertiary/aromatic N) is 5. The van der Waals surface area contributed by atoms with Crippen LogP contribution in [0.15, 0.2) is 59.5 Å². The zero-order chi connectivity index (χ0) is 30.1. The Hall–Kier alpha value is -3.90. The molecule has 0 unspecified atom stereocenters. The van der Waals surface area contributed by atoms with Gasteiger partial charge in [0, 0.05) is 38.9 Å². The second kappa shape index (κ2) is 12.0. The maximum absolute atomic E-state index is 14.8. The average Bonchev–Trinajstić information content (AvgIpc) is 3.56. The minimum atomic E-state index is -4.59. The van der Waals surface area contributed by atoms with E-state index in [1.165, 1.54) is 28.8 Å². The summed E-state index contributed by atoms with van der Waals surface area (Å²) in [7, 11) is 0. The van der Waals surface area contributed by atoms with Crippen LogP contribution in [0.4, 0.5) is 23.2 Å². The van der Waals surface area contributed by atoms with Crippen molar-refractivity contribution in [3.8, 4) is 5.88 Å². The number of halogens is 4. The highest BCUT2D eigenvalue weighted by molar-refractivity contribution is 5.81. The summed E-state index contributed by atoms with van der Waals surface area (Å²) in [5.74, 6) is -0.148. The summed E-state index contributed by atoms with van der Waals surface area (Å²) in [5.41, 5.74) is 0.844. The summed E-state index contributed by atoms with van der Waals surface area (Å²) in [6.07, 6.45) is -2.48. The fraction of sp³-hybridized carbons (Fsp3) is 0.419. The molecule has 0 amide bonds. The number of alkyl halides is 3. The first-order valence-electron chi connectivity index (χ1n) is 14.4. The monoisotopic (exact) mass is 599 g/mol. The first-order chi connectivity index (χ1) is 20.7. The van der Waals surface area contributed by atoms with Crippen molar-refractivity contribution < 1.29 is 27.0 Å². The van der Waals surface area contributed by atoms with Gasteiger partial charge in [-0.2, -0.15) is 13.2 Å². The summed E-state index contributed by atoms with van der Waals surface area (Å²) < 4.78 is 71.0. The molecule has 2 aliphatic heterocycles. The van der Waals surface area contributed by atoms with Crippen LogP contribution in [-0.2, 0) is 17.5 Å². The summed E-state index contributed by atoms with van der Waals surface area (Å²) in [6.45, 7) is 6.15. The summed E-state index contributed by atoms with van der Waals surface area (Å²) in [5, 5.41) is 0. The van der Waals surface area contributed by atoms with E-state index in [0.29, 0.717) is 56.0 Å². The van der Waals surface area contributed by atoms with Crippen molar-refractivity contribution in [3.63, 3.8) is 0 Å². The van der Waals surface area contributed by atoms with Gasteiger partial charge in [-0.25, -0.2) is 14.2 Å². The maximum Gasteiger partial charge on any atom is 0.416 e. The van der Waals surface area contributed by atoms with Crippen LogP contribution < -0.4 is 15.3 Å². The number of imidazole rings is 1. The Balaban J connectivity index is 1.39. The van der Waals surface area contributed by atoms with E-state index in [-0.39, 0.29) is 36.5 Å². The summed E-state index contributed by atoms with van der Waals surface area (Å²) in [6, 6.07) is 11.5. The van der Waals surface area contributed by atoms with Crippen LogP contribution in [0, 0.1) is 12.7 Å². The summed E-state index contributed by atoms with van der Waals surface area (Å²) in [4.78, 5) is 22.7. The molecule has 0 N–H and O–H groups in total. The number of ether oxygens (including phenoxy) is 2. The van der Waals surface area contributed by atoms with Crippen molar-refractivity contribution in [2.75, 3.05) is 57.4 Å². The van der Waals surface area contributed by atoms with Crippen molar-refractivity contribution in [1.29, 1.82) is 0 Å². The molecule has 228 valence electrons. The summed E-state index contributed by atoms with van der Waals surface area (Å²) >= 11 is 0. The van der Waals surface area contributed by atoms with Crippen LogP contribution >= 0.6 is 0 Å². The SMILES string of the molecule is Cc1cccc(F)c1N1CC[C@@H](n2c(=O)n(Cc3ccccc3C(F)(F)F)c3c(OCCN4CCOCC4)nccc32)C1. The topological polar surface area (TPSA) is 64.8 Å². The third-order valence-corrected chi connectivity index (χ3v) is 8.27. The number of aryl methyl sites for hydroxylation is 1. The van der Waals surface area contributed by atoms with Crippen LogP contribution in [-0.4, -0.2) is 71.6 Å². The second-order valence-corrected chi connectivity index (χ2v) is 11.0. The van der Waals surface area contributed by atoms with Gasteiger partial charge in [0.1, 0.15) is 17.9 Å². The number of morpholine rings is 1. The van der Waals surface area contributed by atoms with Crippen molar-refractivity contribution in [2.45, 2.75) is 32.1 Å².